The zero-order valence-electron chi connectivity index (χ0n) is 10.3. The molecular weight excluding hydrogens is 395 g/mol. The summed E-state index contributed by atoms with van der Waals surface area (Å²) < 4.78 is 2.29. The molecule has 19 heavy (non-hydrogen) atoms. The summed E-state index contributed by atoms with van der Waals surface area (Å²) in [5.41, 5.74) is 2.29. The van der Waals surface area contributed by atoms with E-state index in [1.165, 1.54) is 11.3 Å². The van der Waals surface area contributed by atoms with Crippen molar-refractivity contribution in [2.24, 2.45) is 0 Å². The van der Waals surface area contributed by atoms with Crippen LogP contribution in [0.15, 0.2) is 18.2 Å². The Kier molecular flexibility index (Phi) is 3.88. The summed E-state index contributed by atoms with van der Waals surface area (Å²) >= 11 is 8.50. The molecule has 3 nitrogen and oxygen atoms in total. The summed E-state index contributed by atoms with van der Waals surface area (Å²) in [6.45, 7) is 1.86. The molecule has 0 aliphatic carbocycles. The molecule has 3 rings (SSSR count). The SMILES string of the molecule is O=CN1CCC12CCCN(SI)c1ccc(Cl)cc12. The molecule has 1 atom stereocenters. The van der Waals surface area contributed by atoms with E-state index in [9.17, 15) is 4.79 Å². The van der Waals surface area contributed by atoms with Crippen molar-refractivity contribution >= 4 is 54.0 Å². The quantitative estimate of drug-likeness (QED) is 0.420. The highest BCUT2D eigenvalue weighted by Gasteiger charge is 2.48. The molecule has 2 aliphatic heterocycles. The van der Waals surface area contributed by atoms with Crippen molar-refractivity contribution < 1.29 is 4.79 Å². The Bertz CT molecular complexity index is 515. The number of fused-ring (bicyclic) bond motifs is 2. The van der Waals surface area contributed by atoms with Crippen molar-refractivity contribution in [1.82, 2.24) is 4.90 Å². The average Bonchev–Trinajstić information content (AvgIpc) is 2.55. The van der Waals surface area contributed by atoms with E-state index in [2.05, 4.69) is 31.6 Å². The highest BCUT2D eigenvalue weighted by Crippen LogP contribution is 2.50. The molecule has 102 valence electrons. The third kappa shape index (κ3) is 2.14. The first-order valence-electron chi connectivity index (χ1n) is 6.29. The van der Waals surface area contributed by atoms with E-state index >= 15 is 0 Å². The first kappa shape index (κ1) is 13.8. The van der Waals surface area contributed by atoms with E-state index < -0.39 is 0 Å². The molecule has 0 saturated carbocycles. The number of rotatable bonds is 2. The number of likely N-dealkylation sites (tertiary alicyclic amines) is 1. The summed E-state index contributed by atoms with van der Waals surface area (Å²) in [6, 6.07) is 6.05. The number of hydrogen-bond acceptors (Lipinski definition) is 3. The molecule has 0 aromatic heterocycles. The highest BCUT2D eigenvalue weighted by atomic mass is 127. The van der Waals surface area contributed by atoms with Gasteiger partial charge in [0.25, 0.3) is 0 Å². The van der Waals surface area contributed by atoms with Crippen molar-refractivity contribution in [3.8, 4) is 0 Å². The molecule has 1 saturated heterocycles. The second kappa shape index (κ2) is 5.33. The van der Waals surface area contributed by atoms with Gasteiger partial charge in [0.2, 0.25) is 6.41 Å². The number of carbonyl (C=O) groups excluding carboxylic acids is 1. The van der Waals surface area contributed by atoms with Crippen LogP contribution in [0.4, 0.5) is 5.69 Å². The number of halogens is 2. The fourth-order valence-corrected chi connectivity index (χ4v) is 4.99. The van der Waals surface area contributed by atoms with Crippen LogP contribution in [0.1, 0.15) is 24.8 Å². The molecule has 1 aromatic rings. The van der Waals surface area contributed by atoms with E-state index in [-0.39, 0.29) is 5.54 Å². The lowest BCUT2D eigenvalue weighted by atomic mass is 9.75. The van der Waals surface area contributed by atoms with Crippen molar-refractivity contribution in [2.45, 2.75) is 24.8 Å². The van der Waals surface area contributed by atoms with Crippen molar-refractivity contribution in [3.05, 3.63) is 28.8 Å². The summed E-state index contributed by atoms with van der Waals surface area (Å²) in [5.74, 6) is 0. The molecule has 2 heterocycles. The topological polar surface area (TPSA) is 23.6 Å². The molecule has 1 amide bonds. The van der Waals surface area contributed by atoms with Gasteiger partial charge >= 0.3 is 0 Å². The van der Waals surface area contributed by atoms with Crippen LogP contribution in [0.25, 0.3) is 0 Å². The largest absolute Gasteiger partial charge is 0.335 e. The van der Waals surface area contributed by atoms with E-state index in [0.29, 0.717) is 0 Å². The second-order valence-electron chi connectivity index (χ2n) is 5.02. The van der Waals surface area contributed by atoms with Crippen LogP contribution in [0, 0.1) is 0 Å². The van der Waals surface area contributed by atoms with E-state index in [4.69, 9.17) is 11.6 Å². The zero-order chi connectivity index (χ0) is 13.5. The molecule has 0 bridgehead atoms. The van der Waals surface area contributed by atoms with Gasteiger partial charge in [0.1, 0.15) is 0 Å². The van der Waals surface area contributed by atoms with Crippen LogP contribution in [-0.4, -0.2) is 24.4 Å². The van der Waals surface area contributed by atoms with Crippen LogP contribution in [-0.2, 0) is 10.3 Å². The Morgan fingerprint density at radius 1 is 1.37 bits per heavy atom. The molecule has 2 aliphatic rings. The van der Waals surface area contributed by atoms with Gasteiger partial charge in [0.15, 0.2) is 0 Å². The molecule has 1 spiro atoms. The number of amides is 1. The van der Waals surface area contributed by atoms with Gasteiger partial charge in [0, 0.05) is 54.0 Å². The van der Waals surface area contributed by atoms with E-state index in [0.717, 1.165) is 43.8 Å². The Balaban J connectivity index is 2.14. The zero-order valence-corrected chi connectivity index (χ0v) is 14.0. The van der Waals surface area contributed by atoms with E-state index in [1.54, 1.807) is 9.12 Å². The normalized spacial score (nSPS) is 25.8. The monoisotopic (exact) mass is 408 g/mol. The predicted molar refractivity (Wildman–Crippen MR) is 88.7 cm³/mol. The Morgan fingerprint density at radius 3 is 2.84 bits per heavy atom. The molecule has 0 N–H and O–H groups in total. The molecular formula is C13H14ClIN2OS. The van der Waals surface area contributed by atoms with Gasteiger partial charge in [0.05, 0.1) is 11.2 Å². The predicted octanol–water partition coefficient (Wildman–Crippen LogP) is 4.00. The average molecular weight is 409 g/mol. The molecule has 1 fully saturated rings. The van der Waals surface area contributed by atoms with Gasteiger partial charge in [-0.1, -0.05) is 11.6 Å². The fraction of sp³-hybridized carbons (Fsp3) is 0.462. The second-order valence-corrected chi connectivity index (χ2v) is 7.21. The molecule has 1 aromatic carbocycles. The summed E-state index contributed by atoms with van der Waals surface area (Å²) in [6.07, 6.45) is 4.14. The van der Waals surface area contributed by atoms with Gasteiger partial charge in [-0.05, 0) is 37.5 Å². The summed E-state index contributed by atoms with van der Waals surface area (Å²) in [5, 5.41) is 0.746. The number of anilines is 1. The Hall–Kier alpha value is -0.140. The van der Waals surface area contributed by atoms with Crippen LogP contribution in [0.3, 0.4) is 0 Å². The first-order chi connectivity index (χ1) is 9.21. The number of hydrogen-bond donors (Lipinski definition) is 0. The first-order valence-corrected chi connectivity index (χ1v) is 9.99. The minimum Gasteiger partial charge on any atom is -0.335 e. The van der Waals surface area contributed by atoms with Crippen LogP contribution >= 0.6 is 41.9 Å². The lowest BCUT2D eigenvalue weighted by molar-refractivity contribution is -0.134. The van der Waals surface area contributed by atoms with Crippen LogP contribution in [0.5, 0.6) is 0 Å². The third-order valence-electron chi connectivity index (χ3n) is 4.21. The van der Waals surface area contributed by atoms with Gasteiger partial charge in [-0.15, -0.1) is 0 Å². The highest BCUT2D eigenvalue weighted by molar-refractivity contribution is 14.2. The molecule has 0 radical (unpaired) electrons. The van der Waals surface area contributed by atoms with Crippen LogP contribution < -0.4 is 4.31 Å². The molecule has 6 heteroatoms. The fourth-order valence-electron chi connectivity index (χ4n) is 3.16. The van der Waals surface area contributed by atoms with Gasteiger partial charge in [-0.25, -0.2) is 0 Å². The molecule has 1 unspecified atom stereocenters. The summed E-state index contributed by atoms with van der Waals surface area (Å²) in [4.78, 5) is 13.2. The third-order valence-corrected chi connectivity index (χ3v) is 6.41. The van der Waals surface area contributed by atoms with Crippen molar-refractivity contribution in [2.75, 3.05) is 17.4 Å². The number of nitrogens with zero attached hydrogens (tertiary/aromatic N) is 2. The minimum absolute atomic E-state index is 0.122. The minimum atomic E-state index is -0.122. The van der Waals surface area contributed by atoms with Crippen molar-refractivity contribution in [1.29, 1.82) is 0 Å². The van der Waals surface area contributed by atoms with E-state index in [1.807, 2.05) is 17.0 Å². The Labute approximate surface area is 134 Å². The van der Waals surface area contributed by atoms with Crippen molar-refractivity contribution in [3.63, 3.8) is 0 Å². The van der Waals surface area contributed by atoms with Crippen LogP contribution in [0.2, 0.25) is 5.02 Å². The standard InChI is InChI=1S/C13H14ClIN2OS/c14-10-2-3-12-11(8-10)13(5-7-16(13)9-18)4-1-6-17(12)19-15/h2-3,8-9H,1,4-7H2. The Morgan fingerprint density at radius 2 is 2.21 bits per heavy atom. The van der Waals surface area contributed by atoms with Gasteiger partial charge in [-0.2, -0.15) is 0 Å². The lowest BCUT2D eigenvalue weighted by Gasteiger charge is -2.51. The maximum absolute atomic E-state index is 11.3. The lowest BCUT2D eigenvalue weighted by Crippen LogP contribution is -2.56. The maximum Gasteiger partial charge on any atom is 0.210 e. The smallest absolute Gasteiger partial charge is 0.210 e. The summed E-state index contributed by atoms with van der Waals surface area (Å²) in [7, 11) is 1.71. The maximum atomic E-state index is 11.3. The number of benzene rings is 1. The van der Waals surface area contributed by atoms with Gasteiger partial charge in [-0.3, -0.25) is 4.79 Å². The number of carbonyl (C=O) groups is 1. The van der Waals surface area contributed by atoms with Gasteiger partial charge < -0.3 is 9.21 Å².